The predicted octanol–water partition coefficient (Wildman–Crippen LogP) is 3.53. The standard InChI is InChI=1S/C21H32N2O4/c1-6-26-19(24)17-12-13-23(20(25)27-21(3,4)5)14-18(17)22-15(2)16-10-8-7-9-11-16/h7-11,15,17-18,22H,6,12-14H2,1-5H3/t15-,17-,18+/m0/s1. The SMILES string of the molecule is CCOC(=O)[C@H]1CCN(C(=O)OC(C)(C)C)C[C@H]1N[C@@H](C)c1ccccc1. The zero-order valence-electron chi connectivity index (χ0n) is 17.0. The smallest absolute Gasteiger partial charge is 0.410 e. The van der Waals surface area contributed by atoms with E-state index >= 15 is 0 Å². The van der Waals surface area contributed by atoms with Gasteiger partial charge in [-0.05, 0) is 46.6 Å². The van der Waals surface area contributed by atoms with Crippen LogP contribution in [0.3, 0.4) is 0 Å². The van der Waals surface area contributed by atoms with Crippen molar-refractivity contribution in [3.63, 3.8) is 0 Å². The number of hydrogen-bond acceptors (Lipinski definition) is 5. The van der Waals surface area contributed by atoms with Gasteiger partial charge in [0.1, 0.15) is 5.60 Å². The Labute approximate surface area is 162 Å². The molecule has 0 aromatic heterocycles. The molecule has 1 fully saturated rings. The van der Waals surface area contributed by atoms with Gasteiger partial charge in [0.05, 0.1) is 12.5 Å². The Balaban J connectivity index is 2.12. The number of esters is 1. The Kier molecular flexibility index (Phi) is 7.25. The van der Waals surface area contributed by atoms with Crippen LogP contribution in [0.2, 0.25) is 0 Å². The van der Waals surface area contributed by atoms with Gasteiger partial charge >= 0.3 is 12.1 Å². The number of nitrogens with one attached hydrogen (secondary N) is 1. The summed E-state index contributed by atoms with van der Waals surface area (Å²) < 4.78 is 10.8. The number of carbonyl (C=O) groups is 2. The molecule has 3 atom stereocenters. The van der Waals surface area contributed by atoms with Crippen molar-refractivity contribution < 1.29 is 19.1 Å². The first-order valence-electron chi connectivity index (χ1n) is 9.67. The molecule has 6 heteroatoms. The second-order valence-electron chi connectivity index (χ2n) is 7.98. The van der Waals surface area contributed by atoms with Gasteiger partial charge in [-0.1, -0.05) is 30.3 Å². The summed E-state index contributed by atoms with van der Waals surface area (Å²) in [5.41, 5.74) is 0.587. The van der Waals surface area contributed by atoms with Crippen molar-refractivity contribution in [2.45, 2.75) is 58.7 Å². The van der Waals surface area contributed by atoms with Gasteiger partial charge in [-0.25, -0.2) is 4.79 Å². The number of hydrogen-bond donors (Lipinski definition) is 1. The maximum absolute atomic E-state index is 12.5. The average Bonchev–Trinajstić information content (AvgIpc) is 2.61. The third-order valence-electron chi connectivity index (χ3n) is 4.62. The molecule has 0 unspecified atom stereocenters. The third-order valence-corrected chi connectivity index (χ3v) is 4.62. The van der Waals surface area contributed by atoms with E-state index in [2.05, 4.69) is 12.2 Å². The molecule has 2 rings (SSSR count). The highest BCUT2D eigenvalue weighted by Crippen LogP contribution is 2.24. The van der Waals surface area contributed by atoms with Gasteiger partial charge in [-0.15, -0.1) is 0 Å². The Bertz CT molecular complexity index is 627. The van der Waals surface area contributed by atoms with Crippen LogP contribution in [0.5, 0.6) is 0 Å². The summed E-state index contributed by atoms with van der Waals surface area (Å²) in [6.07, 6.45) is 0.209. The zero-order valence-corrected chi connectivity index (χ0v) is 17.0. The second kappa shape index (κ2) is 9.22. The number of amides is 1. The number of piperidine rings is 1. The van der Waals surface area contributed by atoms with Gasteiger partial charge in [-0.2, -0.15) is 0 Å². The highest BCUT2D eigenvalue weighted by atomic mass is 16.6. The van der Waals surface area contributed by atoms with Crippen molar-refractivity contribution in [1.82, 2.24) is 10.2 Å². The summed E-state index contributed by atoms with van der Waals surface area (Å²) in [6.45, 7) is 10.7. The fourth-order valence-electron chi connectivity index (χ4n) is 3.30. The molecule has 150 valence electrons. The lowest BCUT2D eigenvalue weighted by Gasteiger charge is -2.39. The minimum Gasteiger partial charge on any atom is -0.466 e. The van der Waals surface area contributed by atoms with Gasteiger partial charge in [0.15, 0.2) is 0 Å². The van der Waals surface area contributed by atoms with Crippen LogP contribution in [0.4, 0.5) is 4.79 Å². The molecule has 0 bridgehead atoms. The summed E-state index contributed by atoms with van der Waals surface area (Å²) in [6, 6.07) is 9.90. The topological polar surface area (TPSA) is 67.9 Å². The van der Waals surface area contributed by atoms with E-state index in [-0.39, 0.29) is 30.1 Å². The molecule has 1 N–H and O–H groups in total. The van der Waals surface area contributed by atoms with Crippen LogP contribution in [-0.4, -0.2) is 48.3 Å². The van der Waals surface area contributed by atoms with Crippen LogP contribution in [0.25, 0.3) is 0 Å². The molecule has 6 nitrogen and oxygen atoms in total. The third kappa shape index (κ3) is 6.24. The first kappa shape index (κ1) is 21.2. The first-order chi connectivity index (χ1) is 12.7. The fraction of sp³-hybridized carbons (Fsp3) is 0.619. The molecular weight excluding hydrogens is 344 g/mol. The lowest BCUT2D eigenvalue weighted by molar-refractivity contribution is -0.151. The number of nitrogens with zero attached hydrogens (tertiary/aromatic N) is 1. The maximum Gasteiger partial charge on any atom is 0.410 e. The molecule has 1 saturated heterocycles. The highest BCUT2D eigenvalue weighted by molar-refractivity contribution is 5.74. The molecule has 0 radical (unpaired) electrons. The molecule has 1 aromatic rings. The number of carbonyl (C=O) groups excluding carboxylic acids is 2. The largest absolute Gasteiger partial charge is 0.466 e. The zero-order chi connectivity index (χ0) is 20.0. The average molecular weight is 376 g/mol. The molecule has 1 heterocycles. The Morgan fingerprint density at radius 3 is 2.52 bits per heavy atom. The summed E-state index contributed by atoms with van der Waals surface area (Å²) in [7, 11) is 0. The molecule has 27 heavy (non-hydrogen) atoms. The van der Waals surface area contributed by atoms with Crippen LogP contribution < -0.4 is 5.32 Å². The van der Waals surface area contributed by atoms with E-state index in [0.29, 0.717) is 26.1 Å². The highest BCUT2D eigenvalue weighted by Gasteiger charge is 2.38. The minimum absolute atomic E-state index is 0.0479. The van der Waals surface area contributed by atoms with E-state index in [1.807, 2.05) is 58.0 Å². The Hall–Kier alpha value is -2.08. The molecule has 1 aromatic carbocycles. The van der Waals surface area contributed by atoms with Crippen LogP contribution in [-0.2, 0) is 14.3 Å². The lowest BCUT2D eigenvalue weighted by atomic mass is 9.90. The number of likely N-dealkylation sites (tertiary alicyclic amines) is 1. The summed E-state index contributed by atoms with van der Waals surface area (Å²) in [4.78, 5) is 26.6. The lowest BCUT2D eigenvalue weighted by Crippen LogP contribution is -2.56. The van der Waals surface area contributed by atoms with Gasteiger partial charge < -0.3 is 19.7 Å². The molecule has 1 aliphatic heterocycles. The van der Waals surface area contributed by atoms with Gasteiger partial charge in [0.25, 0.3) is 0 Å². The molecular formula is C21H32N2O4. The maximum atomic E-state index is 12.5. The van der Waals surface area contributed by atoms with Gasteiger partial charge in [-0.3, -0.25) is 4.79 Å². The monoisotopic (exact) mass is 376 g/mol. The number of benzene rings is 1. The van der Waals surface area contributed by atoms with E-state index in [1.165, 1.54) is 0 Å². The first-order valence-corrected chi connectivity index (χ1v) is 9.67. The number of ether oxygens (including phenoxy) is 2. The van der Waals surface area contributed by atoms with Crippen LogP contribution in [0.15, 0.2) is 30.3 Å². The van der Waals surface area contributed by atoms with Crippen LogP contribution in [0.1, 0.15) is 52.6 Å². The Morgan fingerprint density at radius 1 is 1.26 bits per heavy atom. The van der Waals surface area contributed by atoms with Crippen LogP contribution >= 0.6 is 0 Å². The van der Waals surface area contributed by atoms with Crippen molar-refractivity contribution in [3.8, 4) is 0 Å². The fourth-order valence-corrected chi connectivity index (χ4v) is 3.30. The summed E-state index contributed by atoms with van der Waals surface area (Å²) in [5, 5.41) is 3.52. The summed E-state index contributed by atoms with van der Waals surface area (Å²) in [5.74, 6) is -0.492. The summed E-state index contributed by atoms with van der Waals surface area (Å²) >= 11 is 0. The van der Waals surface area contributed by atoms with Crippen LogP contribution in [0, 0.1) is 5.92 Å². The van der Waals surface area contributed by atoms with E-state index in [4.69, 9.17) is 9.47 Å². The van der Waals surface area contributed by atoms with Crippen molar-refractivity contribution >= 4 is 12.1 Å². The van der Waals surface area contributed by atoms with Crippen molar-refractivity contribution in [2.24, 2.45) is 5.92 Å². The van der Waals surface area contributed by atoms with Crippen molar-refractivity contribution in [3.05, 3.63) is 35.9 Å². The van der Waals surface area contributed by atoms with E-state index in [9.17, 15) is 9.59 Å². The number of rotatable bonds is 5. The van der Waals surface area contributed by atoms with Crippen molar-refractivity contribution in [1.29, 1.82) is 0 Å². The van der Waals surface area contributed by atoms with E-state index in [1.54, 1.807) is 4.90 Å². The quantitative estimate of drug-likeness (QED) is 0.797. The minimum atomic E-state index is -0.546. The molecule has 0 spiro atoms. The van der Waals surface area contributed by atoms with E-state index < -0.39 is 5.60 Å². The van der Waals surface area contributed by atoms with E-state index in [0.717, 1.165) is 5.56 Å². The molecule has 1 aliphatic rings. The molecule has 1 amide bonds. The molecule has 0 saturated carbocycles. The van der Waals surface area contributed by atoms with Crippen molar-refractivity contribution in [2.75, 3.05) is 19.7 Å². The van der Waals surface area contributed by atoms with Gasteiger partial charge in [0, 0.05) is 25.2 Å². The second-order valence-corrected chi connectivity index (χ2v) is 7.98. The Morgan fingerprint density at radius 2 is 1.93 bits per heavy atom. The van der Waals surface area contributed by atoms with Gasteiger partial charge in [0.2, 0.25) is 0 Å². The normalized spacial score (nSPS) is 21.4. The predicted molar refractivity (Wildman–Crippen MR) is 104 cm³/mol. The molecule has 0 aliphatic carbocycles.